The average molecular weight is 335 g/mol. The maximum atomic E-state index is 12.5. The maximum Gasteiger partial charge on any atom is 0.276 e. The summed E-state index contributed by atoms with van der Waals surface area (Å²) in [6.45, 7) is 7.13. The first kappa shape index (κ1) is 17.0. The number of aryl methyl sites for hydroxylation is 1. The van der Waals surface area contributed by atoms with Crippen LogP contribution < -0.4 is 0 Å². The number of nitrogens with zero attached hydrogens (tertiary/aromatic N) is 3. The van der Waals surface area contributed by atoms with E-state index < -0.39 is 5.54 Å². The molecule has 0 aromatic carbocycles. The number of piperidine rings is 1. The fraction of sp³-hybridized carbons (Fsp3) is 0.706. The Morgan fingerprint density at radius 1 is 1.38 bits per heavy atom. The zero-order valence-corrected chi connectivity index (χ0v) is 14.5. The third kappa shape index (κ3) is 2.70. The van der Waals surface area contributed by atoms with Gasteiger partial charge in [0.05, 0.1) is 12.1 Å². The van der Waals surface area contributed by atoms with Crippen LogP contribution in [0.4, 0.5) is 0 Å². The first-order valence-electron chi connectivity index (χ1n) is 8.39. The van der Waals surface area contributed by atoms with Gasteiger partial charge in [0.15, 0.2) is 12.1 Å². The van der Waals surface area contributed by atoms with Gasteiger partial charge in [0.1, 0.15) is 5.76 Å². The SMILES string of the molecule is CC(=O)N1CC2(CCN(C(=O)c3ncoc3C)CC2)C[C@@]1(C)CO. The van der Waals surface area contributed by atoms with Gasteiger partial charge >= 0.3 is 0 Å². The molecular formula is C17H25N3O4. The van der Waals surface area contributed by atoms with Crippen molar-refractivity contribution in [2.45, 2.75) is 45.6 Å². The number of carbonyl (C=O) groups is 2. The Morgan fingerprint density at radius 3 is 2.50 bits per heavy atom. The average Bonchev–Trinajstić information content (AvgIpc) is 3.10. The Kier molecular flexibility index (Phi) is 4.15. The van der Waals surface area contributed by atoms with Crippen molar-refractivity contribution in [3.63, 3.8) is 0 Å². The molecule has 2 fully saturated rings. The van der Waals surface area contributed by atoms with Gasteiger partial charge in [-0.2, -0.15) is 0 Å². The Labute approximate surface area is 141 Å². The summed E-state index contributed by atoms with van der Waals surface area (Å²) in [6.07, 6.45) is 3.73. The molecule has 1 aromatic rings. The van der Waals surface area contributed by atoms with E-state index in [-0.39, 0.29) is 23.8 Å². The monoisotopic (exact) mass is 335 g/mol. The van der Waals surface area contributed by atoms with Crippen LogP contribution in [0.2, 0.25) is 0 Å². The molecule has 2 amide bonds. The number of aromatic nitrogens is 1. The molecule has 3 rings (SSSR count). The van der Waals surface area contributed by atoms with E-state index in [0.29, 0.717) is 31.1 Å². The molecule has 1 atom stereocenters. The van der Waals surface area contributed by atoms with Crippen molar-refractivity contribution in [2.24, 2.45) is 5.41 Å². The molecule has 0 saturated carbocycles. The number of rotatable bonds is 2. The molecule has 1 spiro atoms. The molecule has 0 aliphatic carbocycles. The standard InChI is InChI=1S/C17H25N3O4/c1-12-14(18-11-24-12)15(23)19-6-4-17(5-7-19)8-16(3,10-21)20(9-17)13(2)22/h11,21H,4-10H2,1-3H3/t16-/m0/s1. The summed E-state index contributed by atoms with van der Waals surface area (Å²) in [5, 5.41) is 9.78. The molecule has 1 N–H and O–H groups in total. The van der Waals surface area contributed by atoms with Gasteiger partial charge in [-0.05, 0) is 38.5 Å². The molecule has 0 bridgehead atoms. The molecule has 0 unspecified atom stereocenters. The lowest BCUT2D eigenvalue weighted by molar-refractivity contribution is -0.134. The summed E-state index contributed by atoms with van der Waals surface area (Å²) < 4.78 is 5.12. The minimum atomic E-state index is -0.499. The third-order valence-corrected chi connectivity index (χ3v) is 5.68. The van der Waals surface area contributed by atoms with Gasteiger partial charge in [-0.1, -0.05) is 0 Å². The lowest BCUT2D eigenvalue weighted by atomic mass is 9.74. The summed E-state index contributed by atoms with van der Waals surface area (Å²) in [5.74, 6) is 0.444. The van der Waals surface area contributed by atoms with Crippen LogP contribution in [0.5, 0.6) is 0 Å². The molecule has 2 saturated heterocycles. The van der Waals surface area contributed by atoms with E-state index in [1.54, 1.807) is 18.7 Å². The highest BCUT2D eigenvalue weighted by atomic mass is 16.3. The number of carbonyl (C=O) groups excluding carboxylic acids is 2. The highest BCUT2D eigenvalue weighted by molar-refractivity contribution is 5.93. The topological polar surface area (TPSA) is 86.9 Å². The van der Waals surface area contributed by atoms with Crippen molar-refractivity contribution in [3.8, 4) is 0 Å². The molecule has 0 radical (unpaired) electrons. The number of hydrogen-bond acceptors (Lipinski definition) is 5. The van der Waals surface area contributed by atoms with Crippen LogP contribution in [0.25, 0.3) is 0 Å². The van der Waals surface area contributed by atoms with Gasteiger partial charge in [0.25, 0.3) is 5.91 Å². The highest BCUT2D eigenvalue weighted by Crippen LogP contribution is 2.48. The number of aliphatic hydroxyl groups is 1. The smallest absolute Gasteiger partial charge is 0.276 e. The van der Waals surface area contributed by atoms with E-state index in [1.165, 1.54) is 6.39 Å². The fourth-order valence-corrected chi connectivity index (χ4v) is 4.30. The summed E-state index contributed by atoms with van der Waals surface area (Å²) in [5.41, 5.74) is -0.137. The predicted octanol–water partition coefficient (Wildman–Crippen LogP) is 1.21. The Morgan fingerprint density at radius 2 is 2.04 bits per heavy atom. The van der Waals surface area contributed by atoms with Crippen LogP contribution in [-0.2, 0) is 4.79 Å². The van der Waals surface area contributed by atoms with E-state index in [4.69, 9.17) is 4.42 Å². The van der Waals surface area contributed by atoms with Crippen LogP contribution >= 0.6 is 0 Å². The van der Waals surface area contributed by atoms with Crippen LogP contribution in [0.1, 0.15) is 49.4 Å². The molecule has 2 aliphatic heterocycles. The molecule has 132 valence electrons. The largest absolute Gasteiger partial charge is 0.448 e. The zero-order chi connectivity index (χ0) is 17.5. The van der Waals surface area contributed by atoms with Crippen molar-refractivity contribution < 1.29 is 19.1 Å². The first-order valence-corrected chi connectivity index (χ1v) is 8.39. The Bertz CT molecular complexity index is 648. The number of hydrogen-bond donors (Lipinski definition) is 1. The van der Waals surface area contributed by atoms with Crippen LogP contribution in [0.3, 0.4) is 0 Å². The Balaban J connectivity index is 1.70. The summed E-state index contributed by atoms with van der Waals surface area (Å²) in [4.78, 5) is 32.1. The third-order valence-electron chi connectivity index (χ3n) is 5.68. The molecule has 1 aromatic heterocycles. The van der Waals surface area contributed by atoms with Gasteiger partial charge in [-0.15, -0.1) is 0 Å². The minimum absolute atomic E-state index is 0.000142. The van der Waals surface area contributed by atoms with E-state index in [0.717, 1.165) is 19.3 Å². The van der Waals surface area contributed by atoms with Gasteiger partial charge in [-0.25, -0.2) is 4.98 Å². The number of aliphatic hydroxyl groups excluding tert-OH is 1. The molecule has 7 heteroatoms. The van der Waals surface area contributed by atoms with Gasteiger partial charge in [0.2, 0.25) is 5.91 Å². The van der Waals surface area contributed by atoms with E-state index in [9.17, 15) is 14.7 Å². The zero-order valence-electron chi connectivity index (χ0n) is 14.5. The molecule has 24 heavy (non-hydrogen) atoms. The van der Waals surface area contributed by atoms with Gasteiger partial charge < -0.3 is 19.3 Å². The first-order chi connectivity index (χ1) is 11.3. The number of likely N-dealkylation sites (tertiary alicyclic amines) is 2. The summed E-state index contributed by atoms with van der Waals surface area (Å²) in [7, 11) is 0. The molecule has 3 heterocycles. The second kappa shape index (κ2) is 5.88. The normalized spacial score (nSPS) is 26.2. The molecule has 7 nitrogen and oxygen atoms in total. The van der Waals surface area contributed by atoms with E-state index in [2.05, 4.69) is 4.98 Å². The number of amides is 2. The van der Waals surface area contributed by atoms with Crippen molar-refractivity contribution in [1.29, 1.82) is 0 Å². The minimum Gasteiger partial charge on any atom is -0.448 e. The highest BCUT2D eigenvalue weighted by Gasteiger charge is 2.52. The van der Waals surface area contributed by atoms with Crippen LogP contribution in [0, 0.1) is 12.3 Å². The second-order valence-corrected chi connectivity index (χ2v) is 7.49. The van der Waals surface area contributed by atoms with Gasteiger partial charge in [0, 0.05) is 26.6 Å². The van der Waals surface area contributed by atoms with Gasteiger partial charge in [-0.3, -0.25) is 9.59 Å². The van der Waals surface area contributed by atoms with E-state index >= 15 is 0 Å². The van der Waals surface area contributed by atoms with Crippen molar-refractivity contribution >= 4 is 11.8 Å². The Hall–Kier alpha value is -1.89. The predicted molar refractivity (Wildman–Crippen MR) is 86.3 cm³/mol. The van der Waals surface area contributed by atoms with Crippen LogP contribution in [-0.4, -0.2) is 63.5 Å². The quantitative estimate of drug-likeness (QED) is 0.878. The van der Waals surface area contributed by atoms with Crippen molar-refractivity contribution in [1.82, 2.24) is 14.8 Å². The molecular weight excluding hydrogens is 310 g/mol. The lowest BCUT2D eigenvalue weighted by Gasteiger charge is -2.39. The lowest BCUT2D eigenvalue weighted by Crippen LogP contribution is -2.46. The van der Waals surface area contributed by atoms with Crippen LogP contribution in [0.15, 0.2) is 10.8 Å². The van der Waals surface area contributed by atoms with Crippen molar-refractivity contribution in [3.05, 3.63) is 17.8 Å². The summed E-state index contributed by atoms with van der Waals surface area (Å²) in [6, 6.07) is 0. The van der Waals surface area contributed by atoms with Crippen molar-refractivity contribution in [2.75, 3.05) is 26.2 Å². The number of oxazole rings is 1. The fourth-order valence-electron chi connectivity index (χ4n) is 4.30. The second-order valence-electron chi connectivity index (χ2n) is 7.49. The molecule has 2 aliphatic rings. The maximum absolute atomic E-state index is 12.5. The van der Waals surface area contributed by atoms with E-state index in [1.807, 2.05) is 11.8 Å². The summed E-state index contributed by atoms with van der Waals surface area (Å²) >= 11 is 0.